The van der Waals surface area contributed by atoms with Crippen LogP contribution in [-0.4, -0.2) is 15.5 Å². The van der Waals surface area contributed by atoms with Gasteiger partial charge in [0.1, 0.15) is 11.5 Å². The normalized spacial score (nSPS) is 11.0. The smallest absolute Gasteiger partial charge is 0.272 e. The van der Waals surface area contributed by atoms with Gasteiger partial charge in [0.2, 0.25) is 5.91 Å². The molecule has 1 N–H and O–H groups in total. The monoisotopic (exact) mass is 387 g/mol. The van der Waals surface area contributed by atoms with Crippen molar-refractivity contribution in [2.75, 3.05) is 5.32 Å². The standard InChI is InChI=1S/C20H19ClFN3O2/c1-11-8-17-18(9-12(11)2)25(20(27)13(3)23-17)7-6-19(26)24-16-5-4-14(21)10-15(16)22/h4-5,8-10H,6-7H2,1-3H3,(H,24,26). The number of anilines is 1. The lowest BCUT2D eigenvalue weighted by atomic mass is 10.1. The molecule has 3 aromatic rings. The molecule has 0 saturated heterocycles. The van der Waals surface area contributed by atoms with E-state index in [-0.39, 0.29) is 29.2 Å². The molecule has 7 heteroatoms. The molecule has 0 aliphatic carbocycles. The number of nitrogens with one attached hydrogen (secondary N) is 1. The van der Waals surface area contributed by atoms with E-state index in [1.807, 2.05) is 26.0 Å². The fourth-order valence-electron chi connectivity index (χ4n) is 2.86. The van der Waals surface area contributed by atoms with E-state index in [0.29, 0.717) is 16.7 Å². The molecule has 2 aromatic carbocycles. The molecule has 0 aliphatic heterocycles. The Balaban J connectivity index is 1.86. The van der Waals surface area contributed by atoms with Gasteiger partial charge in [-0.1, -0.05) is 11.6 Å². The molecule has 0 atom stereocenters. The summed E-state index contributed by atoms with van der Waals surface area (Å²) < 4.78 is 15.4. The van der Waals surface area contributed by atoms with Crippen molar-refractivity contribution in [2.24, 2.45) is 0 Å². The summed E-state index contributed by atoms with van der Waals surface area (Å²) in [5.41, 5.74) is 3.69. The molecule has 0 spiro atoms. The average Bonchev–Trinajstić information content (AvgIpc) is 2.60. The van der Waals surface area contributed by atoms with Gasteiger partial charge in [-0.05, 0) is 62.2 Å². The molecule has 1 aromatic heterocycles. The first-order chi connectivity index (χ1) is 12.8. The molecule has 27 heavy (non-hydrogen) atoms. The Morgan fingerprint density at radius 1 is 1.19 bits per heavy atom. The lowest BCUT2D eigenvalue weighted by molar-refractivity contribution is -0.116. The number of carbonyl (C=O) groups is 1. The van der Waals surface area contributed by atoms with E-state index in [4.69, 9.17) is 11.6 Å². The molecule has 140 valence electrons. The number of fused-ring (bicyclic) bond motifs is 1. The number of hydrogen-bond acceptors (Lipinski definition) is 3. The SMILES string of the molecule is Cc1cc2nc(C)c(=O)n(CCC(=O)Nc3ccc(Cl)cc3F)c2cc1C. The van der Waals surface area contributed by atoms with Gasteiger partial charge in [0.25, 0.3) is 5.56 Å². The van der Waals surface area contributed by atoms with Gasteiger partial charge in [0, 0.05) is 18.0 Å². The largest absolute Gasteiger partial charge is 0.324 e. The minimum Gasteiger partial charge on any atom is -0.324 e. The zero-order chi connectivity index (χ0) is 19.7. The molecule has 0 radical (unpaired) electrons. The lowest BCUT2D eigenvalue weighted by Gasteiger charge is -2.13. The Hall–Kier alpha value is -2.73. The van der Waals surface area contributed by atoms with Crippen LogP contribution in [0.1, 0.15) is 23.2 Å². The van der Waals surface area contributed by atoms with Gasteiger partial charge < -0.3 is 9.88 Å². The van der Waals surface area contributed by atoms with E-state index in [0.717, 1.165) is 17.2 Å². The van der Waals surface area contributed by atoms with Crippen molar-refractivity contribution < 1.29 is 9.18 Å². The van der Waals surface area contributed by atoms with E-state index in [2.05, 4.69) is 10.3 Å². The molecule has 1 amide bonds. The summed E-state index contributed by atoms with van der Waals surface area (Å²) in [5, 5.41) is 2.76. The number of rotatable bonds is 4. The van der Waals surface area contributed by atoms with E-state index in [1.165, 1.54) is 12.1 Å². The van der Waals surface area contributed by atoms with Gasteiger partial charge in [-0.2, -0.15) is 0 Å². The summed E-state index contributed by atoms with van der Waals surface area (Å²) in [6.45, 7) is 5.76. The second-order valence-electron chi connectivity index (χ2n) is 6.50. The van der Waals surface area contributed by atoms with Crippen LogP contribution >= 0.6 is 11.6 Å². The van der Waals surface area contributed by atoms with Crippen LogP contribution in [0.4, 0.5) is 10.1 Å². The van der Waals surface area contributed by atoms with Crippen LogP contribution in [0.25, 0.3) is 11.0 Å². The van der Waals surface area contributed by atoms with Crippen LogP contribution in [0.5, 0.6) is 0 Å². The predicted octanol–water partition coefficient (Wildman–Crippen LogP) is 4.14. The summed E-state index contributed by atoms with van der Waals surface area (Å²) in [5.74, 6) is -1.00. The van der Waals surface area contributed by atoms with Gasteiger partial charge in [0.05, 0.1) is 16.7 Å². The molecule has 0 aliphatic rings. The van der Waals surface area contributed by atoms with Crippen molar-refractivity contribution in [3.8, 4) is 0 Å². The second-order valence-corrected chi connectivity index (χ2v) is 6.94. The van der Waals surface area contributed by atoms with Gasteiger partial charge in [-0.15, -0.1) is 0 Å². The number of carbonyl (C=O) groups excluding carboxylic acids is 1. The molecule has 0 unspecified atom stereocenters. The number of benzene rings is 2. The van der Waals surface area contributed by atoms with Gasteiger partial charge >= 0.3 is 0 Å². The van der Waals surface area contributed by atoms with Crippen molar-refractivity contribution in [3.05, 3.63) is 68.3 Å². The van der Waals surface area contributed by atoms with Crippen molar-refractivity contribution in [3.63, 3.8) is 0 Å². The molecule has 0 fully saturated rings. The molecule has 0 saturated carbocycles. The maximum absolute atomic E-state index is 13.8. The topological polar surface area (TPSA) is 64.0 Å². The summed E-state index contributed by atoms with van der Waals surface area (Å²) in [6, 6.07) is 7.86. The third-order valence-corrected chi connectivity index (χ3v) is 4.73. The second kappa shape index (κ2) is 7.48. The molecule has 1 heterocycles. The highest BCUT2D eigenvalue weighted by Gasteiger charge is 2.12. The summed E-state index contributed by atoms with van der Waals surface area (Å²) in [6.07, 6.45) is 0.0213. The van der Waals surface area contributed by atoms with E-state index < -0.39 is 11.7 Å². The molecule has 3 rings (SSSR count). The Labute approximate surface area is 160 Å². The maximum atomic E-state index is 13.8. The van der Waals surface area contributed by atoms with Crippen LogP contribution in [0.3, 0.4) is 0 Å². The number of hydrogen-bond donors (Lipinski definition) is 1. The van der Waals surface area contributed by atoms with E-state index >= 15 is 0 Å². The number of halogens is 2. The first-order valence-corrected chi connectivity index (χ1v) is 8.87. The zero-order valence-electron chi connectivity index (χ0n) is 15.3. The summed E-state index contributed by atoms with van der Waals surface area (Å²) in [7, 11) is 0. The number of aryl methyl sites for hydroxylation is 4. The number of aromatic nitrogens is 2. The third-order valence-electron chi connectivity index (χ3n) is 4.49. The Morgan fingerprint density at radius 2 is 1.89 bits per heavy atom. The van der Waals surface area contributed by atoms with Crippen molar-refractivity contribution in [2.45, 2.75) is 33.7 Å². The zero-order valence-corrected chi connectivity index (χ0v) is 16.0. The molecule has 5 nitrogen and oxygen atoms in total. The van der Waals surface area contributed by atoms with Gasteiger partial charge in [-0.25, -0.2) is 9.37 Å². The highest BCUT2D eigenvalue weighted by atomic mass is 35.5. The Kier molecular flexibility index (Phi) is 5.28. The minimum atomic E-state index is -0.607. The van der Waals surface area contributed by atoms with Crippen LogP contribution in [0, 0.1) is 26.6 Å². The highest BCUT2D eigenvalue weighted by molar-refractivity contribution is 6.30. The van der Waals surface area contributed by atoms with Gasteiger partial charge in [0.15, 0.2) is 0 Å². The van der Waals surface area contributed by atoms with Gasteiger partial charge in [-0.3, -0.25) is 9.59 Å². The Morgan fingerprint density at radius 3 is 2.59 bits per heavy atom. The predicted molar refractivity (Wildman–Crippen MR) is 105 cm³/mol. The van der Waals surface area contributed by atoms with E-state index in [9.17, 15) is 14.0 Å². The average molecular weight is 388 g/mol. The number of amides is 1. The fourth-order valence-corrected chi connectivity index (χ4v) is 3.02. The lowest BCUT2D eigenvalue weighted by Crippen LogP contribution is -2.26. The Bertz CT molecular complexity index is 1110. The van der Waals surface area contributed by atoms with Crippen LogP contribution < -0.4 is 10.9 Å². The first-order valence-electron chi connectivity index (χ1n) is 8.49. The minimum absolute atomic E-state index is 0.0213. The van der Waals surface area contributed by atoms with Crippen molar-refractivity contribution in [1.29, 1.82) is 0 Å². The van der Waals surface area contributed by atoms with Crippen molar-refractivity contribution in [1.82, 2.24) is 9.55 Å². The van der Waals surface area contributed by atoms with Crippen LogP contribution in [0.15, 0.2) is 35.1 Å². The molecular weight excluding hydrogens is 369 g/mol. The maximum Gasteiger partial charge on any atom is 0.272 e. The van der Waals surface area contributed by atoms with Crippen LogP contribution in [-0.2, 0) is 11.3 Å². The van der Waals surface area contributed by atoms with Crippen molar-refractivity contribution >= 4 is 34.2 Å². The quantitative estimate of drug-likeness (QED) is 0.731. The highest BCUT2D eigenvalue weighted by Crippen LogP contribution is 2.20. The van der Waals surface area contributed by atoms with Crippen LogP contribution in [0.2, 0.25) is 5.02 Å². The molecule has 0 bridgehead atoms. The van der Waals surface area contributed by atoms with E-state index in [1.54, 1.807) is 11.5 Å². The third kappa shape index (κ3) is 4.01. The first kappa shape index (κ1) is 19.0. The number of nitrogens with zero attached hydrogens (tertiary/aromatic N) is 2. The molecular formula is C20H19ClFN3O2. The summed E-state index contributed by atoms with van der Waals surface area (Å²) >= 11 is 5.71. The summed E-state index contributed by atoms with van der Waals surface area (Å²) in [4.78, 5) is 29.1. The fraction of sp³-hybridized carbons (Fsp3) is 0.250.